The van der Waals surface area contributed by atoms with Gasteiger partial charge in [-0.25, -0.2) is 0 Å². The summed E-state index contributed by atoms with van der Waals surface area (Å²) in [6.07, 6.45) is 2.03. The zero-order valence-corrected chi connectivity index (χ0v) is 8.47. The van der Waals surface area contributed by atoms with Crippen LogP contribution in [0.4, 0.5) is 0 Å². The van der Waals surface area contributed by atoms with Gasteiger partial charge in [-0.05, 0) is 18.8 Å². The summed E-state index contributed by atoms with van der Waals surface area (Å²) in [6, 6.07) is 0. The average Bonchev–Trinajstić information content (AvgIpc) is 2.01. The number of carbonyl (C=O) groups is 1. The Hall–Kier alpha value is -0.610. The molecule has 4 N–H and O–H groups in total. The van der Waals surface area contributed by atoms with Crippen LogP contribution in [-0.2, 0) is 4.79 Å². The van der Waals surface area contributed by atoms with Gasteiger partial charge in [0.2, 0.25) is 5.91 Å². The molecule has 0 radical (unpaired) electrons. The van der Waals surface area contributed by atoms with Crippen LogP contribution in [0, 0.1) is 5.92 Å². The first-order valence-corrected chi connectivity index (χ1v) is 4.54. The molecule has 4 heteroatoms. The van der Waals surface area contributed by atoms with Crippen molar-refractivity contribution in [2.45, 2.75) is 33.1 Å². The molecular weight excluding hydrogens is 170 g/mol. The Morgan fingerprint density at radius 2 is 2.00 bits per heavy atom. The van der Waals surface area contributed by atoms with Crippen molar-refractivity contribution in [1.29, 1.82) is 0 Å². The molecule has 0 rings (SSSR count). The van der Waals surface area contributed by atoms with Crippen LogP contribution < -0.4 is 5.32 Å². The van der Waals surface area contributed by atoms with E-state index in [-0.39, 0.29) is 18.0 Å². The highest BCUT2D eigenvalue weighted by Gasteiger charge is 2.00. The molecule has 0 unspecified atom stereocenters. The highest BCUT2D eigenvalue weighted by molar-refractivity contribution is 5.75. The molecule has 0 spiro atoms. The first-order chi connectivity index (χ1) is 5.66. The summed E-state index contributed by atoms with van der Waals surface area (Å²) >= 11 is 0. The lowest BCUT2D eigenvalue weighted by atomic mass is 10.2. The predicted octanol–water partition coefficient (Wildman–Crippen LogP) is 0.0965. The van der Waals surface area contributed by atoms with E-state index in [1.54, 1.807) is 0 Å². The van der Waals surface area contributed by atoms with Gasteiger partial charge in [-0.1, -0.05) is 13.8 Å². The van der Waals surface area contributed by atoms with Gasteiger partial charge >= 0.3 is 0 Å². The molecule has 0 aliphatic heterocycles. The predicted molar refractivity (Wildman–Crippen MR) is 52.4 cm³/mol. The van der Waals surface area contributed by atoms with E-state index in [0.717, 1.165) is 19.4 Å². The number of rotatable bonds is 6. The molecule has 0 aromatic heterocycles. The van der Waals surface area contributed by atoms with Crippen LogP contribution in [0.3, 0.4) is 0 Å². The van der Waals surface area contributed by atoms with Gasteiger partial charge in [0.1, 0.15) is 0 Å². The molecule has 0 aliphatic carbocycles. The van der Waals surface area contributed by atoms with Crippen molar-refractivity contribution in [3.05, 3.63) is 0 Å². The summed E-state index contributed by atoms with van der Waals surface area (Å²) in [6.45, 7) is 5.05. The maximum atomic E-state index is 11.0. The molecule has 0 saturated heterocycles. The average molecular weight is 191 g/mol. The van der Waals surface area contributed by atoms with Gasteiger partial charge in [-0.15, -0.1) is 0 Å². The molecule has 0 aromatic rings. The molecule has 0 bridgehead atoms. The molecular formula is C9H21NO3. The fraction of sp³-hybridized carbons (Fsp3) is 0.889. The minimum atomic E-state index is 0. The summed E-state index contributed by atoms with van der Waals surface area (Å²) in [4.78, 5) is 11.0. The topological polar surface area (TPSA) is 80.8 Å². The molecule has 0 heterocycles. The zero-order chi connectivity index (χ0) is 9.40. The van der Waals surface area contributed by atoms with Crippen molar-refractivity contribution in [3.63, 3.8) is 0 Å². The first kappa shape index (κ1) is 14.9. The van der Waals surface area contributed by atoms with E-state index >= 15 is 0 Å². The van der Waals surface area contributed by atoms with Gasteiger partial charge in [0.25, 0.3) is 0 Å². The number of aliphatic hydroxyl groups excluding tert-OH is 1. The van der Waals surface area contributed by atoms with Gasteiger partial charge in [0, 0.05) is 19.6 Å². The number of hydrogen-bond acceptors (Lipinski definition) is 2. The summed E-state index contributed by atoms with van der Waals surface area (Å²) in [5.74, 6) is 0.601. The van der Waals surface area contributed by atoms with E-state index in [9.17, 15) is 4.79 Å². The second-order valence-electron chi connectivity index (χ2n) is 3.38. The molecule has 0 atom stereocenters. The Morgan fingerprint density at radius 1 is 1.38 bits per heavy atom. The highest BCUT2D eigenvalue weighted by atomic mass is 16.2. The number of hydrogen-bond donors (Lipinski definition) is 2. The number of aliphatic hydroxyl groups is 1. The van der Waals surface area contributed by atoms with Crippen LogP contribution in [0.15, 0.2) is 0 Å². The Kier molecular flexibility index (Phi) is 10.9. The Bertz CT molecular complexity index is 126. The first-order valence-electron chi connectivity index (χ1n) is 4.54. The van der Waals surface area contributed by atoms with Crippen LogP contribution in [0.25, 0.3) is 0 Å². The summed E-state index contributed by atoms with van der Waals surface area (Å²) in [5, 5.41) is 11.3. The number of carbonyl (C=O) groups excluding carboxylic acids is 1. The van der Waals surface area contributed by atoms with Crippen molar-refractivity contribution >= 4 is 5.91 Å². The van der Waals surface area contributed by atoms with Crippen LogP contribution >= 0.6 is 0 Å². The number of amides is 1. The maximum absolute atomic E-state index is 11.0. The van der Waals surface area contributed by atoms with Crippen molar-refractivity contribution in [1.82, 2.24) is 5.32 Å². The van der Waals surface area contributed by atoms with Crippen LogP contribution in [0.2, 0.25) is 0 Å². The zero-order valence-electron chi connectivity index (χ0n) is 8.47. The summed E-state index contributed by atoms with van der Waals surface area (Å²) in [7, 11) is 0. The molecule has 4 nitrogen and oxygen atoms in total. The minimum absolute atomic E-state index is 0. The quantitative estimate of drug-likeness (QED) is 0.584. The monoisotopic (exact) mass is 191 g/mol. The van der Waals surface area contributed by atoms with E-state index in [1.165, 1.54) is 0 Å². The third-order valence-electron chi connectivity index (χ3n) is 1.52. The fourth-order valence-electron chi connectivity index (χ4n) is 0.804. The smallest absolute Gasteiger partial charge is 0.220 e. The van der Waals surface area contributed by atoms with Gasteiger partial charge in [0.15, 0.2) is 0 Å². The molecule has 0 aliphatic rings. The highest BCUT2D eigenvalue weighted by Crippen LogP contribution is 1.94. The van der Waals surface area contributed by atoms with E-state index in [2.05, 4.69) is 19.2 Å². The van der Waals surface area contributed by atoms with E-state index in [1.807, 2.05) is 0 Å². The third-order valence-corrected chi connectivity index (χ3v) is 1.52. The lowest BCUT2D eigenvalue weighted by molar-refractivity contribution is -0.121. The van der Waals surface area contributed by atoms with Crippen molar-refractivity contribution < 1.29 is 15.4 Å². The Labute approximate surface area is 79.6 Å². The van der Waals surface area contributed by atoms with E-state index in [4.69, 9.17) is 5.11 Å². The Morgan fingerprint density at radius 3 is 2.46 bits per heavy atom. The van der Waals surface area contributed by atoms with E-state index < -0.39 is 0 Å². The largest absolute Gasteiger partial charge is 0.412 e. The van der Waals surface area contributed by atoms with Crippen LogP contribution in [0.5, 0.6) is 0 Å². The Balaban J connectivity index is 0. The molecule has 80 valence electrons. The fourth-order valence-corrected chi connectivity index (χ4v) is 0.804. The normalized spacial score (nSPS) is 9.54. The van der Waals surface area contributed by atoms with Crippen molar-refractivity contribution in [2.24, 2.45) is 5.92 Å². The number of nitrogens with one attached hydrogen (secondary N) is 1. The molecule has 13 heavy (non-hydrogen) atoms. The van der Waals surface area contributed by atoms with Gasteiger partial charge in [-0.2, -0.15) is 0 Å². The van der Waals surface area contributed by atoms with Gasteiger partial charge < -0.3 is 15.9 Å². The standard InChI is InChI=1S/C9H19NO2.H2O/c1-8(2)7-10-9(12)5-3-4-6-11;/h8,11H,3-7H2,1-2H3,(H,10,12);1H2. The van der Waals surface area contributed by atoms with Crippen molar-refractivity contribution in [2.75, 3.05) is 13.2 Å². The summed E-state index contributed by atoms with van der Waals surface area (Å²) in [5.41, 5.74) is 0. The van der Waals surface area contributed by atoms with Crippen LogP contribution in [-0.4, -0.2) is 29.6 Å². The number of unbranched alkanes of at least 4 members (excludes halogenated alkanes) is 1. The SMILES string of the molecule is CC(C)CNC(=O)CCCCO.O. The maximum Gasteiger partial charge on any atom is 0.220 e. The molecule has 0 aromatic carbocycles. The molecule has 0 saturated carbocycles. The second-order valence-corrected chi connectivity index (χ2v) is 3.38. The third kappa shape index (κ3) is 11.4. The van der Waals surface area contributed by atoms with Gasteiger partial charge in [0.05, 0.1) is 0 Å². The molecule has 0 fully saturated rings. The summed E-state index contributed by atoms with van der Waals surface area (Å²) < 4.78 is 0. The molecule has 1 amide bonds. The van der Waals surface area contributed by atoms with Crippen molar-refractivity contribution in [3.8, 4) is 0 Å². The van der Waals surface area contributed by atoms with Gasteiger partial charge in [-0.3, -0.25) is 4.79 Å². The minimum Gasteiger partial charge on any atom is -0.412 e. The van der Waals surface area contributed by atoms with E-state index in [0.29, 0.717) is 12.3 Å². The van der Waals surface area contributed by atoms with Crippen LogP contribution in [0.1, 0.15) is 33.1 Å². The lowest BCUT2D eigenvalue weighted by Gasteiger charge is -2.06. The lowest BCUT2D eigenvalue weighted by Crippen LogP contribution is -2.26. The second kappa shape index (κ2) is 9.48.